The quantitative estimate of drug-likeness (QED) is 0.719. The van der Waals surface area contributed by atoms with E-state index < -0.39 is 0 Å². The topological polar surface area (TPSA) is 42.4 Å². The maximum absolute atomic E-state index is 12.9. The van der Waals surface area contributed by atoms with Crippen molar-refractivity contribution in [1.82, 2.24) is 9.88 Å². The average Bonchev–Trinajstić information content (AvgIpc) is 2.64. The molecule has 0 spiro atoms. The largest absolute Gasteiger partial charge is 0.473 e. The Balaban J connectivity index is 1.61. The number of carbonyl (C=O) groups is 1. The lowest BCUT2D eigenvalue weighted by atomic mass is 10.1. The van der Waals surface area contributed by atoms with E-state index in [1.165, 1.54) is 0 Å². The maximum Gasteiger partial charge on any atom is 0.254 e. The van der Waals surface area contributed by atoms with E-state index in [1.54, 1.807) is 30.1 Å². The van der Waals surface area contributed by atoms with Crippen molar-refractivity contribution in [3.05, 3.63) is 53.2 Å². The van der Waals surface area contributed by atoms with Gasteiger partial charge in [0, 0.05) is 37.0 Å². The van der Waals surface area contributed by atoms with Crippen LogP contribution in [-0.4, -0.2) is 40.7 Å². The number of piperidine rings is 1. The molecule has 1 aromatic carbocycles. The van der Waals surface area contributed by atoms with Gasteiger partial charge in [0.2, 0.25) is 5.88 Å². The van der Waals surface area contributed by atoms with Gasteiger partial charge < -0.3 is 9.64 Å². The molecule has 132 valence electrons. The van der Waals surface area contributed by atoms with E-state index in [9.17, 15) is 4.79 Å². The summed E-state index contributed by atoms with van der Waals surface area (Å²) in [5.74, 6) is 1.52. The van der Waals surface area contributed by atoms with E-state index >= 15 is 0 Å². The first-order chi connectivity index (χ1) is 12.2. The van der Waals surface area contributed by atoms with Gasteiger partial charge in [-0.25, -0.2) is 4.98 Å². The number of hydrogen-bond acceptors (Lipinski definition) is 4. The fourth-order valence-corrected chi connectivity index (χ4v) is 3.85. The maximum atomic E-state index is 12.9. The summed E-state index contributed by atoms with van der Waals surface area (Å²) in [6, 6.07) is 11.4. The lowest BCUT2D eigenvalue weighted by molar-refractivity contribution is 0.0585. The molecule has 1 aliphatic rings. The van der Waals surface area contributed by atoms with Crippen LogP contribution in [0.25, 0.3) is 0 Å². The van der Waals surface area contributed by atoms with Gasteiger partial charge in [-0.05, 0) is 30.0 Å². The number of rotatable bonds is 5. The van der Waals surface area contributed by atoms with Crippen molar-refractivity contribution in [3.63, 3.8) is 0 Å². The molecule has 2 heterocycles. The highest BCUT2D eigenvalue weighted by molar-refractivity contribution is 7.99. The van der Waals surface area contributed by atoms with Crippen LogP contribution in [0.4, 0.5) is 0 Å². The Bertz CT molecular complexity index is 733. The van der Waals surface area contributed by atoms with Crippen LogP contribution in [-0.2, 0) is 0 Å². The van der Waals surface area contributed by atoms with Crippen molar-refractivity contribution in [2.24, 2.45) is 0 Å². The van der Waals surface area contributed by atoms with E-state index in [1.807, 2.05) is 29.2 Å². The van der Waals surface area contributed by atoms with Crippen LogP contribution in [0.15, 0.2) is 47.5 Å². The Labute approximate surface area is 157 Å². The lowest BCUT2D eigenvalue weighted by Crippen LogP contribution is -2.42. The molecular weight excluding hydrogens is 356 g/mol. The molecule has 0 saturated carbocycles. The molecule has 0 aliphatic carbocycles. The highest BCUT2D eigenvalue weighted by atomic mass is 35.5. The van der Waals surface area contributed by atoms with Crippen LogP contribution in [0.3, 0.4) is 0 Å². The number of nitrogens with zero attached hydrogens (tertiary/aromatic N) is 2. The normalized spacial score (nSPS) is 15.2. The van der Waals surface area contributed by atoms with Crippen LogP contribution in [0.5, 0.6) is 5.88 Å². The van der Waals surface area contributed by atoms with E-state index in [0.717, 1.165) is 29.1 Å². The van der Waals surface area contributed by atoms with E-state index in [4.69, 9.17) is 16.3 Å². The smallest absolute Gasteiger partial charge is 0.254 e. The van der Waals surface area contributed by atoms with Gasteiger partial charge in [-0.2, -0.15) is 0 Å². The Hall–Kier alpha value is -1.72. The third-order valence-electron chi connectivity index (χ3n) is 4.15. The molecule has 1 aliphatic heterocycles. The van der Waals surface area contributed by atoms with E-state index in [0.29, 0.717) is 24.0 Å². The molecule has 4 nitrogen and oxygen atoms in total. The molecule has 0 unspecified atom stereocenters. The predicted molar refractivity (Wildman–Crippen MR) is 102 cm³/mol. The SMILES string of the molecule is CCSc1ccccc1C(=O)N1CCC(Oc2ncccc2Cl)CC1. The molecule has 1 amide bonds. The molecular formula is C19H21ClN2O2S. The summed E-state index contributed by atoms with van der Waals surface area (Å²) in [5.41, 5.74) is 0.793. The molecule has 0 N–H and O–H groups in total. The number of thioether (sulfide) groups is 1. The molecule has 1 fully saturated rings. The van der Waals surface area contributed by atoms with Gasteiger partial charge in [0.1, 0.15) is 11.1 Å². The highest BCUT2D eigenvalue weighted by Gasteiger charge is 2.26. The second-order valence-corrected chi connectivity index (χ2v) is 7.54. The van der Waals surface area contributed by atoms with Crippen LogP contribution in [0.1, 0.15) is 30.1 Å². The first-order valence-electron chi connectivity index (χ1n) is 8.47. The minimum Gasteiger partial charge on any atom is -0.473 e. The second kappa shape index (κ2) is 8.59. The summed E-state index contributed by atoms with van der Waals surface area (Å²) in [6.45, 7) is 3.45. The standard InChI is InChI=1S/C19H21ClN2O2S/c1-2-25-17-8-4-3-6-15(17)19(23)22-12-9-14(10-13-22)24-18-16(20)7-5-11-21-18/h3-8,11,14H,2,9-10,12-13H2,1H3. The first kappa shape index (κ1) is 18.1. The summed E-state index contributed by atoms with van der Waals surface area (Å²) >= 11 is 7.80. The minimum absolute atomic E-state index is 0.0386. The van der Waals surface area contributed by atoms with Crippen molar-refractivity contribution in [1.29, 1.82) is 0 Å². The minimum atomic E-state index is 0.0386. The van der Waals surface area contributed by atoms with Gasteiger partial charge >= 0.3 is 0 Å². The number of pyridine rings is 1. The third kappa shape index (κ3) is 4.47. The van der Waals surface area contributed by atoms with E-state index in [2.05, 4.69) is 11.9 Å². The van der Waals surface area contributed by atoms with Crippen molar-refractivity contribution >= 4 is 29.3 Å². The van der Waals surface area contributed by atoms with Crippen LogP contribution in [0.2, 0.25) is 5.02 Å². The fourth-order valence-electron chi connectivity index (χ4n) is 2.89. The Kier molecular flexibility index (Phi) is 6.21. The molecule has 2 aromatic rings. The molecule has 25 heavy (non-hydrogen) atoms. The zero-order chi connectivity index (χ0) is 17.6. The van der Waals surface area contributed by atoms with Crippen LogP contribution >= 0.6 is 23.4 Å². The van der Waals surface area contributed by atoms with Crippen molar-refractivity contribution in [2.45, 2.75) is 30.8 Å². The molecule has 1 aromatic heterocycles. The Morgan fingerprint density at radius 1 is 1.28 bits per heavy atom. The zero-order valence-corrected chi connectivity index (χ0v) is 15.7. The summed E-state index contributed by atoms with van der Waals surface area (Å²) in [4.78, 5) is 20.0. The Morgan fingerprint density at radius 3 is 2.76 bits per heavy atom. The molecule has 1 saturated heterocycles. The van der Waals surface area contributed by atoms with Gasteiger partial charge in [0.05, 0.1) is 5.56 Å². The first-order valence-corrected chi connectivity index (χ1v) is 9.83. The Morgan fingerprint density at radius 2 is 2.04 bits per heavy atom. The number of hydrogen-bond donors (Lipinski definition) is 0. The monoisotopic (exact) mass is 376 g/mol. The average molecular weight is 377 g/mol. The second-order valence-electron chi connectivity index (χ2n) is 5.83. The van der Waals surface area contributed by atoms with Crippen molar-refractivity contribution < 1.29 is 9.53 Å². The zero-order valence-electron chi connectivity index (χ0n) is 14.2. The number of carbonyl (C=O) groups excluding carboxylic acids is 1. The van der Waals surface area contributed by atoms with E-state index in [-0.39, 0.29) is 12.0 Å². The van der Waals surface area contributed by atoms with Gasteiger partial charge in [-0.3, -0.25) is 4.79 Å². The summed E-state index contributed by atoms with van der Waals surface area (Å²) in [6.07, 6.45) is 3.27. The number of likely N-dealkylation sites (tertiary alicyclic amines) is 1. The predicted octanol–water partition coefficient (Wildman–Crippen LogP) is 4.53. The highest BCUT2D eigenvalue weighted by Crippen LogP contribution is 2.27. The van der Waals surface area contributed by atoms with Crippen LogP contribution < -0.4 is 4.74 Å². The van der Waals surface area contributed by atoms with Gasteiger partial charge in [0.25, 0.3) is 5.91 Å². The number of halogens is 1. The molecule has 0 radical (unpaired) electrons. The molecule has 3 rings (SSSR count). The molecule has 6 heteroatoms. The summed E-state index contributed by atoms with van der Waals surface area (Å²) in [5, 5.41) is 0.520. The summed E-state index contributed by atoms with van der Waals surface area (Å²) in [7, 11) is 0. The number of ether oxygens (including phenoxy) is 1. The van der Waals surface area contributed by atoms with Crippen molar-refractivity contribution in [2.75, 3.05) is 18.8 Å². The number of aromatic nitrogens is 1. The lowest BCUT2D eigenvalue weighted by Gasteiger charge is -2.32. The van der Waals surface area contributed by atoms with Gasteiger partial charge in [0.15, 0.2) is 0 Å². The third-order valence-corrected chi connectivity index (χ3v) is 5.39. The number of benzene rings is 1. The molecule has 0 bridgehead atoms. The van der Waals surface area contributed by atoms with Gasteiger partial charge in [-0.1, -0.05) is 30.7 Å². The van der Waals surface area contributed by atoms with Crippen molar-refractivity contribution in [3.8, 4) is 5.88 Å². The van der Waals surface area contributed by atoms with Crippen LogP contribution in [0, 0.1) is 0 Å². The summed E-state index contributed by atoms with van der Waals surface area (Å²) < 4.78 is 5.90. The molecule has 0 atom stereocenters. The number of amides is 1. The fraction of sp³-hybridized carbons (Fsp3) is 0.368. The van der Waals surface area contributed by atoms with Gasteiger partial charge in [-0.15, -0.1) is 11.8 Å².